The number of nitrogens with zero attached hydrogens (tertiary/aromatic N) is 3. The fraction of sp³-hybridized carbons (Fsp3) is 0.222. The number of carboxylic acid groups (broad SMARTS) is 1. The Kier molecular flexibility index (Phi) is 3.68. The zero-order valence-corrected chi connectivity index (χ0v) is 8.00. The minimum Gasteiger partial charge on any atom is -0.477 e. The molecule has 1 aromatic rings. The van der Waals surface area contributed by atoms with Crippen LogP contribution in [0.5, 0.6) is 0 Å². The van der Waals surface area contributed by atoms with Gasteiger partial charge in [0.25, 0.3) is 0 Å². The number of hydrogen-bond acceptors (Lipinski definition) is 2. The molecule has 0 fully saturated rings. The van der Waals surface area contributed by atoms with Crippen molar-refractivity contribution < 1.29 is 15.6 Å². The zero-order valence-electron chi connectivity index (χ0n) is 8.00. The monoisotopic (exact) mass is 207 g/mol. The number of carboxylic acids is 1. The van der Waals surface area contributed by atoms with Crippen LogP contribution < -0.4 is 5.73 Å². The topological polar surface area (TPSA) is 114 Å². The van der Waals surface area contributed by atoms with Crippen LogP contribution in [0.4, 0.5) is 5.69 Å². The highest BCUT2D eigenvalue weighted by Gasteiger charge is 2.15. The number of aliphatic carboxylic acids is 1. The summed E-state index contributed by atoms with van der Waals surface area (Å²) in [6, 6.07) is 6.08. The van der Waals surface area contributed by atoms with Crippen LogP contribution in [0.2, 0.25) is 0 Å². The molecule has 6 nitrogen and oxygen atoms in total. The van der Waals surface area contributed by atoms with Gasteiger partial charge in [-0.1, -0.05) is 29.4 Å². The highest BCUT2D eigenvalue weighted by Crippen LogP contribution is 2.13. The second-order valence-corrected chi connectivity index (χ2v) is 3.10. The minimum atomic E-state index is -0.922. The Labute approximate surface area is 86.0 Å². The Morgan fingerprint density at radius 3 is 2.60 bits per heavy atom. The second kappa shape index (κ2) is 4.99. The molecule has 78 valence electrons. The van der Waals surface area contributed by atoms with Gasteiger partial charge in [-0.05, 0) is 11.1 Å². The second-order valence-electron chi connectivity index (χ2n) is 3.10. The summed E-state index contributed by atoms with van der Waals surface area (Å²) in [5.41, 5.74) is 13.1. The van der Waals surface area contributed by atoms with Crippen LogP contribution in [0.1, 0.15) is 5.56 Å². The van der Waals surface area contributed by atoms with E-state index in [1.165, 1.54) is 0 Å². The molecule has 0 aromatic heterocycles. The van der Waals surface area contributed by atoms with Crippen LogP contribution >= 0.6 is 0 Å². The van der Waals surface area contributed by atoms with E-state index in [0.717, 1.165) is 5.56 Å². The van der Waals surface area contributed by atoms with Crippen molar-refractivity contribution in [3.8, 4) is 0 Å². The molecule has 0 radical (unpaired) electrons. The predicted octanol–water partition coefficient (Wildman–Crippen LogP) is 0.866. The zero-order chi connectivity index (χ0) is 11.3. The molecule has 0 unspecified atom stereocenters. The van der Waals surface area contributed by atoms with Crippen molar-refractivity contribution in [3.05, 3.63) is 40.3 Å². The van der Waals surface area contributed by atoms with Gasteiger partial charge in [-0.15, -0.1) is 0 Å². The number of carbonyl (C=O) groups is 1. The summed E-state index contributed by atoms with van der Waals surface area (Å²) in [7, 11) is 0. The molecule has 1 aromatic carbocycles. The van der Waals surface area contributed by atoms with E-state index in [9.17, 15) is 4.79 Å². The highest BCUT2D eigenvalue weighted by atomic mass is 16.4. The van der Waals surface area contributed by atoms with Gasteiger partial charge >= 0.3 is 5.97 Å². The van der Waals surface area contributed by atoms with Crippen molar-refractivity contribution in [1.29, 1.82) is 0 Å². The van der Waals surface area contributed by atoms with Crippen LogP contribution in [0.25, 0.3) is 10.4 Å². The van der Waals surface area contributed by atoms with Gasteiger partial charge in [0.15, 0.2) is 6.04 Å². The first kappa shape index (κ1) is 11.0. The van der Waals surface area contributed by atoms with E-state index in [1.807, 2.05) is 0 Å². The Morgan fingerprint density at radius 2 is 2.13 bits per heavy atom. The van der Waals surface area contributed by atoms with E-state index >= 15 is 0 Å². The molecular formula is C9H11N4O2+. The average molecular weight is 207 g/mol. The van der Waals surface area contributed by atoms with E-state index in [1.54, 1.807) is 24.3 Å². The number of azide groups is 1. The third-order valence-corrected chi connectivity index (χ3v) is 1.93. The molecule has 0 aliphatic rings. The van der Waals surface area contributed by atoms with Gasteiger partial charge in [-0.3, -0.25) is 0 Å². The molecule has 6 heteroatoms. The number of hydrogen-bond donors (Lipinski definition) is 2. The fourth-order valence-corrected chi connectivity index (χ4v) is 1.12. The van der Waals surface area contributed by atoms with Gasteiger partial charge in [0.2, 0.25) is 0 Å². The molecule has 4 N–H and O–H groups in total. The summed E-state index contributed by atoms with van der Waals surface area (Å²) in [6.45, 7) is 0. The molecule has 15 heavy (non-hydrogen) atoms. The molecule has 0 spiro atoms. The van der Waals surface area contributed by atoms with E-state index in [4.69, 9.17) is 10.6 Å². The van der Waals surface area contributed by atoms with Crippen molar-refractivity contribution in [2.75, 3.05) is 0 Å². The van der Waals surface area contributed by atoms with E-state index in [-0.39, 0.29) is 0 Å². The quantitative estimate of drug-likeness (QED) is 0.433. The fourth-order valence-electron chi connectivity index (χ4n) is 1.12. The Bertz CT molecular complexity index is 395. The molecule has 1 rings (SSSR count). The lowest BCUT2D eigenvalue weighted by atomic mass is 10.1. The summed E-state index contributed by atoms with van der Waals surface area (Å²) >= 11 is 0. The van der Waals surface area contributed by atoms with Gasteiger partial charge in [-0.2, -0.15) is 0 Å². The summed E-state index contributed by atoms with van der Waals surface area (Å²) in [6.07, 6.45) is 0.367. The van der Waals surface area contributed by atoms with Crippen molar-refractivity contribution in [3.63, 3.8) is 0 Å². The lowest BCUT2D eigenvalue weighted by Crippen LogP contribution is -2.65. The molecular weight excluding hydrogens is 196 g/mol. The molecule has 0 aliphatic heterocycles. The van der Waals surface area contributed by atoms with Crippen LogP contribution in [0.3, 0.4) is 0 Å². The van der Waals surface area contributed by atoms with Crippen LogP contribution in [-0.2, 0) is 11.2 Å². The maximum Gasteiger partial charge on any atom is 0.362 e. The summed E-state index contributed by atoms with van der Waals surface area (Å²) < 4.78 is 0. The standard InChI is InChI=1S/C9H10N4O2/c10-8(9(14)15)5-6-1-3-7(4-2-6)12-13-11/h1-4,8H,5,10H2,(H,14,15)/p+1/t8-/m0/s1. The lowest BCUT2D eigenvalue weighted by molar-refractivity contribution is -0.407. The number of benzene rings is 1. The van der Waals surface area contributed by atoms with E-state index in [0.29, 0.717) is 12.1 Å². The Hall–Kier alpha value is -2.04. The van der Waals surface area contributed by atoms with Crippen molar-refractivity contribution in [2.24, 2.45) is 5.11 Å². The van der Waals surface area contributed by atoms with Gasteiger partial charge in [0.05, 0.1) is 0 Å². The minimum absolute atomic E-state index is 0.367. The van der Waals surface area contributed by atoms with Gasteiger partial charge < -0.3 is 10.8 Å². The summed E-state index contributed by atoms with van der Waals surface area (Å²) in [4.78, 5) is 13.2. The number of quaternary nitrogens is 1. The first-order chi connectivity index (χ1) is 7.13. The largest absolute Gasteiger partial charge is 0.477 e. The van der Waals surface area contributed by atoms with Gasteiger partial charge in [-0.25, -0.2) is 4.79 Å². The highest BCUT2D eigenvalue weighted by molar-refractivity contribution is 5.71. The smallest absolute Gasteiger partial charge is 0.362 e. The molecule has 0 heterocycles. The predicted molar refractivity (Wildman–Crippen MR) is 53.3 cm³/mol. The number of rotatable bonds is 4. The maximum atomic E-state index is 10.5. The third kappa shape index (κ3) is 3.30. The van der Waals surface area contributed by atoms with Crippen LogP contribution in [0, 0.1) is 0 Å². The van der Waals surface area contributed by atoms with Crippen molar-refractivity contribution in [1.82, 2.24) is 0 Å². The SMILES string of the molecule is [N-]=[N+]=Nc1ccc(C[C@H]([NH3+])C(=O)O)cc1. The molecule has 1 atom stereocenters. The Balaban J connectivity index is 2.72. The normalized spacial score (nSPS) is 11.5. The van der Waals surface area contributed by atoms with E-state index < -0.39 is 12.0 Å². The van der Waals surface area contributed by atoms with Gasteiger partial charge in [0, 0.05) is 17.0 Å². The lowest BCUT2D eigenvalue weighted by Gasteiger charge is -2.03. The first-order valence-corrected chi connectivity index (χ1v) is 4.33. The third-order valence-electron chi connectivity index (χ3n) is 1.93. The molecule has 0 aliphatic carbocycles. The summed E-state index contributed by atoms with van der Waals surface area (Å²) in [5, 5.41) is 12.1. The summed E-state index contributed by atoms with van der Waals surface area (Å²) in [5.74, 6) is -0.922. The maximum absolute atomic E-state index is 10.5. The van der Waals surface area contributed by atoms with Crippen LogP contribution in [-0.4, -0.2) is 17.1 Å². The molecule has 0 saturated heterocycles. The molecule has 0 bridgehead atoms. The first-order valence-electron chi connectivity index (χ1n) is 4.33. The van der Waals surface area contributed by atoms with Crippen molar-refractivity contribution >= 4 is 11.7 Å². The van der Waals surface area contributed by atoms with Gasteiger partial charge in [0.1, 0.15) is 0 Å². The van der Waals surface area contributed by atoms with E-state index in [2.05, 4.69) is 15.8 Å². The average Bonchev–Trinajstić information content (AvgIpc) is 2.21. The molecule has 0 amide bonds. The van der Waals surface area contributed by atoms with Crippen molar-refractivity contribution in [2.45, 2.75) is 12.5 Å². The Morgan fingerprint density at radius 1 is 1.53 bits per heavy atom. The van der Waals surface area contributed by atoms with Crippen LogP contribution in [0.15, 0.2) is 29.4 Å². The molecule has 0 saturated carbocycles.